The van der Waals surface area contributed by atoms with Crippen LogP contribution in [0.15, 0.2) is 79.0 Å². The molecule has 0 amide bonds. The number of hydrogen-bond acceptors (Lipinski definition) is 7. The third-order valence-electron chi connectivity index (χ3n) is 8.91. The highest BCUT2D eigenvalue weighted by Crippen LogP contribution is 2.41. The number of rotatable bonds is 10. The molecule has 246 valence electrons. The number of halogens is 3. The van der Waals surface area contributed by atoms with Crippen LogP contribution in [0.3, 0.4) is 0 Å². The highest BCUT2D eigenvalue weighted by atomic mass is 35.5. The average Bonchev–Trinajstić information content (AvgIpc) is 3.73. The maximum atomic E-state index is 14.7. The van der Waals surface area contributed by atoms with E-state index in [0.717, 1.165) is 63.6 Å². The van der Waals surface area contributed by atoms with Gasteiger partial charge in [0.05, 0.1) is 30.1 Å². The molecule has 4 heterocycles. The molecular formula is C36H32ClF2N5O4. The van der Waals surface area contributed by atoms with Crippen molar-refractivity contribution in [2.75, 3.05) is 33.6 Å². The first-order valence-electron chi connectivity index (χ1n) is 15.6. The first kappa shape index (κ1) is 31.6. The zero-order valence-corrected chi connectivity index (χ0v) is 26.9. The highest BCUT2D eigenvalue weighted by molar-refractivity contribution is 5.91. The van der Waals surface area contributed by atoms with E-state index >= 15 is 0 Å². The summed E-state index contributed by atoms with van der Waals surface area (Å²) in [5.41, 5.74) is 5.60. The Hall–Kier alpha value is -5.00. The minimum Gasteiger partial charge on any atom is -1.00 e. The molecule has 48 heavy (non-hydrogen) atoms. The maximum Gasteiger partial charge on any atom is 0.231 e. The zero-order valence-electron chi connectivity index (χ0n) is 26.2. The number of pyridine rings is 1. The van der Waals surface area contributed by atoms with Crippen molar-refractivity contribution < 1.29 is 44.7 Å². The Labute approximate surface area is 281 Å². The van der Waals surface area contributed by atoms with E-state index in [-0.39, 0.29) is 25.7 Å². The molecule has 0 saturated heterocycles. The van der Waals surface area contributed by atoms with Gasteiger partial charge >= 0.3 is 0 Å². The topological polar surface area (TPSA) is 74.8 Å². The van der Waals surface area contributed by atoms with Gasteiger partial charge in [-0.2, -0.15) is 4.57 Å². The van der Waals surface area contributed by atoms with E-state index in [0.29, 0.717) is 43.3 Å². The van der Waals surface area contributed by atoms with Crippen molar-refractivity contribution in [3.05, 3.63) is 102 Å². The van der Waals surface area contributed by atoms with Gasteiger partial charge in [-0.1, -0.05) is 23.4 Å². The normalized spacial score (nSPS) is 13.0. The number of hydrogen-bond donors (Lipinski definition) is 0. The van der Waals surface area contributed by atoms with Gasteiger partial charge in [0, 0.05) is 43.8 Å². The van der Waals surface area contributed by atoms with E-state index in [9.17, 15) is 8.78 Å². The Bertz CT molecular complexity index is 2140. The predicted octanol–water partition coefficient (Wildman–Crippen LogP) is 2.70. The SMILES string of the molecule is COc1ccc2cc3[n+](cc2c1OCCN(CCn1nnc2ccccc21)Cc1ccc(F)cc1F)CCc1cc2c(cc1-3)OCO2.[Cl-]. The standard InChI is InChI=1S/C36H32F2N5O4.ClH/c1-44-33-9-7-23-16-32-27-19-35-34(46-22-47-35)17-24(27)10-11-42(32)21-28(23)36(33)45-15-14-41(20-25-6-8-26(37)18-29(25)38)12-13-43-31-5-3-2-4-30(31)39-40-43;/h2-9,16-19,21H,10-15,20,22H2,1H3;1H/q+1;/p-1. The lowest BCUT2D eigenvalue weighted by Crippen LogP contribution is -3.00. The van der Waals surface area contributed by atoms with Crippen molar-refractivity contribution >= 4 is 21.8 Å². The van der Waals surface area contributed by atoms with E-state index in [4.69, 9.17) is 18.9 Å². The Balaban J connectivity index is 0.00000364. The fraction of sp³-hybridized carbons (Fsp3) is 0.250. The molecule has 0 fully saturated rings. The highest BCUT2D eigenvalue weighted by Gasteiger charge is 2.29. The van der Waals surface area contributed by atoms with Gasteiger partial charge < -0.3 is 31.4 Å². The first-order valence-corrected chi connectivity index (χ1v) is 15.6. The van der Waals surface area contributed by atoms with Gasteiger partial charge in [0.25, 0.3) is 0 Å². The van der Waals surface area contributed by atoms with E-state index in [1.54, 1.807) is 7.11 Å². The molecule has 0 radical (unpaired) electrons. The van der Waals surface area contributed by atoms with Crippen molar-refractivity contribution in [1.29, 1.82) is 0 Å². The predicted molar refractivity (Wildman–Crippen MR) is 171 cm³/mol. The molecule has 2 aliphatic heterocycles. The molecule has 2 aromatic heterocycles. The summed E-state index contributed by atoms with van der Waals surface area (Å²) in [5, 5.41) is 10.5. The lowest BCUT2D eigenvalue weighted by Gasteiger charge is -2.23. The Morgan fingerprint density at radius 3 is 2.69 bits per heavy atom. The second kappa shape index (κ2) is 13.2. The molecule has 8 rings (SSSR count). The number of aryl methyl sites for hydroxylation is 2. The fourth-order valence-corrected chi connectivity index (χ4v) is 6.46. The summed E-state index contributed by atoms with van der Waals surface area (Å²) in [5.74, 6) is 1.65. The zero-order chi connectivity index (χ0) is 31.9. The average molecular weight is 672 g/mol. The van der Waals surface area contributed by atoms with Crippen molar-refractivity contribution in [2.45, 2.75) is 26.1 Å². The summed E-state index contributed by atoms with van der Waals surface area (Å²) in [6.45, 7) is 3.18. The van der Waals surface area contributed by atoms with Crippen LogP contribution in [-0.2, 0) is 26.1 Å². The number of aromatic nitrogens is 4. The van der Waals surface area contributed by atoms with E-state index in [1.807, 2.05) is 41.1 Å². The minimum absolute atomic E-state index is 0. The summed E-state index contributed by atoms with van der Waals surface area (Å²) >= 11 is 0. The van der Waals surface area contributed by atoms with Crippen LogP contribution in [0.2, 0.25) is 0 Å². The smallest absolute Gasteiger partial charge is 0.231 e. The summed E-state index contributed by atoms with van der Waals surface area (Å²) in [7, 11) is 1.63. The van der Waals surface area contributed by atoms with E-state index in [1.165, 1.54) is 17.7 Å². The van der Waals surface area contributed by atoms with E-state index < -0.39 is 11.6 Å². The van der Waals surface area contributed by atoms with Crippen molar-refractivity contribution in [3.8, 4) is 34.3 Å². The molecule has 2 aliphatic rings. The number of para-hydroxylation sites is 1. The summed E-state index contributed by atoms with van der Waals surface area (Å²) in [6.07, 6.45) is 2.99. The molecule has 12 heteroatoms. The molecule has 6 aromatic rings. The van der Waals surface area contributed by atoms with Crippen LogP contribution < -0.4 is 35.9 Å². The molecule has 0 unspecified atom stereocenters. The van der Waals surface area contributed by atoms with Gasteiger partial charge in [-0.3, -0.25) is 4.90 Å². The molecule has 0 aliphatic carbocycles. The third kappa shape index (κ3) is 5.95. The number of methoxy groups -OCH3 is 1. The first-order chi connectivity index (χ1) is 23.0. The van der Waals surface area contributed by atoms with Gasteiger partial charge in [0.1, 0.15) is 23.8 Å². The quantitative estimate of drug-likeness (QED) is 0.208. The largest absolute Gasteiger partial charge is 1.00 e. The van der Waals surface area contributed by atoms with Gasteiger partial charge in [0.15, 0.2) is 35.7 Å². The van der Waals surface area contributed by atoms with Crippen LogP contribution in [0.5, 0.6) is 23.0 Å². The lowest BCUT2D eigenvalue weighted by molar-refractivity contribution is -0.686. The van der Waals surface area contributed by atoms with Crippen LogP contribution in [0.4, 0.5) is 8.78 Å². The Morgan fingerprint density at radius 1 is 0.979 bits per heavy atom. The van der Waals surface area contributed by atoms with Crippen molar-refractivity contribution in [3.63, 3.8) is 0 Å². The molecule has 0 N–H and O–H groups in total. The van der Waals surface area contributed by atoms with Gasteiger partial charge in [-0.25, -0.2) is 13.5 Å². The van der Waals surface area contributed by atoms with Crippen molar-refractivity contribution in [1.82, 2.24) is 19.9 Å². The minimum atomic E-state index is -0.604. The van der Waals surface area contributed by atoms with Crippen molar-refractivity contribution in [2.24, 2.45) is 0 Å². The Kier molecular flexibility index (Phi) is 8.72. The van der Waals surface area contributed by atoms with Gasteiger partial charge in [-0.15, -0.1) is 5.10 Å². The molecule has 0 saturated carbocycles. The molecule has 0 bridgehead atoms. The molecule has 0 spiro atoms. The molecule has 9 nitrogen and oxygen atoms in total. The van der Waals surface area contributed by atoms with E-state index in [2.05, 4.69) is 44.2 Å². The number of benzene rings is 4. The monoisotopic (exact) mass is 671 g/mol. The Morgan fingerprint density at radius 2 is 1.83 bits per heavy atom. The van der Waals surface area contributed by atoms with Gasteiger partial charge in [-0.05, 0) is 53.4 Å². The second-order valence-corrected chi connectivity index (χ2v) is 11.7. The number of fused-ring (bicyclic) bond motifs is 6. The van der Waals surface area contributed by atoms with Crippen LogP contribution in [0.25, 0.3) is 33.1 Å². The molecule has 0 atom stereocenters. The van der Waals surface area contributed by atoms with Crippen LogP contribution >= 0.6 is 0 Å². The van der Waals surface area contributed by atoms with Crippen LogP contribution in [0.1, 0.15) is 11.1 Å². The summed E-state index contributed by atoms with van der Waals surface area (Å²) in [6, 6.07) is 21.7. The van der Waals surface area contributed by atoms with Gasteiger partial charge in [0.2, 0.25) is 12.5 Å². The lowest BCUT2D eigenvalue weighted by atomic mass is 9.95. The summed E-state index contributed by atoms with van der Waals surface area (Å²) < 4.78 is 56.0. The number of ether oxygens (including phenoxy) is 4. The fourth-order valence-electron chi connectivity index (χ4n) is 6.46. The summed E-state index contributed by atoms with van der Waals surface area (Å²) in [4.78, 5) is 2.07. The second-order valence-electron chi connectivity index (χ2n) is 11.7. The van der Waals surface area contributed by atoms with Crippen LogP contribution in [0, 0.1) is 11.6 Å². The maximum absolute atomic E-state index is 14.7. The van der Waals surface area contributed by atoms with Crippen LogP contribution in [-0.4, -0.2) is 53.5 Å². The third-order valence-corrected chi connectivity index (χ3v) is 8.91. The molecular weight excluding hydrogens is 640 g/mol. The number of nitrogens with zero attached hydrogens (tertiary/aromatic N) is 5. The molecule has 4 aromatic carbocycles.